The van der Waals surface area contributed by atoms with Gasteiger partial charge in [0.15, 0.2) is 0 Å². The number of hydrogen-bond donors (Lipinski definition) is 1. The number of aryl methyl sites for hydroxylation is 1. The van der Waals surface area contributed by atoms with Crippen molar-refractivity contribution in [3.05, 3.63) is 95.1 Å². The van der Waals surface area contributed by atoms with Gasteiger partial charge in [-0.3, -0.25) is 9.59 Å². The lowest BCUT2D eigenvalue weighted by atomic mass is 9.94. The monoisotopic (exact) mass is 515 g/mol. The van der Waals surface area contributed by atoms with Gasteiger partial charge >= 0.3 is 0 Å². The highest BCUT2D eigenvalue weighted by Gasteiger charge is 2.46. The summed E-state index contributed by atoms with van der Waals surface area (Å²) in [5, 5.41) is 11.4. The van der Waals surface area contributed by atoms with Gasteiger partial charge in [0.1, 0.15) is 23.0 Å². The number of methoxy groups -OCH3 is 1. The molecule has 3 aromatic carbocycles. The normalized spacial score (nSPS) is 16.8. The zero-order valence-corrected chi connectivity index (χ0v) is 22.1. The second kappa shape index (κ2) is 12.0. The van der Waals surface area contributed by atoms with E-state index in [2.05, 4.69) is 13.8 Å². The Kier molecular flexibility index (Phi) is 8.48. The van der Waals surface area contributed by atoms with Crippen LogP contribution in [0.2, 0.25) is 0 Å². The molecule has 198 valence electrons. The molecule has 1 unspecified atom stereocenters. The number of amides is 1. The Morgan fingerprint density at radius 1 is 0.974 bits per heavy atom. The third-order valence-corrected chi connectivity index (χ3v) is 6.25. The van der Waals surface area contributed by atoms with E-state index in [0.29, 0.717) is 40.9 Å². The molecule has 1 amide bonds. The van der Waals surface area contributed by atoms with Crippen LogP contribution in [-0.2, 0) is 14.3 Å². The minimum atomic E-state index is -0.804. The number of benzene rings is 3. The molecule has 0 radical (unpaired) electrons. The van der Waals surface area contributed by atoms with Gasteiger partial charge in [-0.25, -0.2) is 0 Å². The minimum absolute atomic E-state index is 0.0261. The van der Waals surface area contributed by atoms with Crippen LogP contribution < -0.4 is 9.47 Å². The Morgan fingerprint density at radius 3 is 2.39 bits per heavy atom. The number of Topliss-reactive ketones (excluding diaryl/α,β-unsaturated/α-hetero) is 1. The molecule has 3 aromatic rings. The maximum Gasteiger partial charge on any atom is 0.295 e. The van der Waals surface area contributed by atoms with Gasteiger partial charge in [0, 0.05) is 19.2 Å². The Labute approximate surface area is 223 Å². The standard InChI is InChI=1S/C31H33NO6/c1-20(2)19-37-26-14-13-23(17-21(26)3)29(33)27-28(32(15-16-36-4)31(35)30(27)34)22-9-8-12-25(18-22)38-24-10-6-5-7-11-24/h5-14,17-18,20,28,33H,15-16,19H2,1-4H3/b29-27+. The van der Waals surface area contributed by atoms with Crippen LogP contribution in [0.25, 0.3) is 5.76 Å². The quantitative estimate of drug-likeness (QED) is 0.206. The summed E-state index contributed by atoms with van der Waals surface area (Å²) in [7, 11) is 1.53. The second-order valence-corrected chi connectivity index (χ2v) is 9.66. The molecule has 7 nitrogen and oxygen atoms in total. The molecular formula is C31H33NO6. The lowest BCUT2D eigenvalue weighted by Gasteiger charge is -2.25. The Morgan fingerprint density at radius 2 is 1.71 bits per heavy atom. The molecule has 1 atom stereocenters. The first kappa shape index (κ1) is 26.9. The minimum Gasteiger partial charge on any atom is -0.507 e. The molecule has 7 heteroatoms. The van der Waals surface area contributed by atoms with E-state index >= 15 is 0 Å². The number of hydrogen-bond acceptors (Lipinski definition) is 6. The number of carbonyl (C=O) groups excluding carboxylic acids is 2. The van der Waals surface area contributed by atoms with E-state index < -0.39 is 17.7 Å². The third-order valence-electron chi connectivity index (χ3n) is 6.25. The summed E-state index contributed by atoms with van der Waals surface area (Å²) < 4.78 is 17.0. The van der Waals surface area contributed by atoms with Crippen LogP contribution in [-0.4, -0.2) is 48.6 Å². The number of para-hydroxylation sites is 1. The molecule has 38 heavy (non-hydrogen) atoms. The van der Waals surface area contributed by atoms with Crippen LogP contribution >= 0.6 is 0 Å². The molecule has 1 fully saturated rings. The molecule has 1 heterocycles. The van der Waals surface area contributed by atoms with Crippen molar-refractivity contribution in [1.82, 2.24) is 4.90 Å². The lowest BCUT2D eigenvalue weighted by molar-refractivity contribution is -0.140. The lowest BCUT2D eigenvalue weighted by Crippen LogP contribution is -2.32. The topological polar surface area (TPSA) is 85.3 Å². The van der Waals surface area contributed by atoms with Crippen molar-refractivity contribution >= 4 is 17.4 Å². The first-order valence-corrected chi connectivity index (χ1v) is 12.6. The largest absolute Gasteiger partial charge is 0.507 e. The van der Waals surface area contributed by atoms with E-state index in [1.54, 1.807) is 36.4 Å². The highest BCUT2D eigenvalue weighted by molar-refractivity contribution is 6.46. The molecule has 0 aliphatic carbocycles. The third kappa shape index (κ3) is 5.89. The maximum atomic E-state index is 13.3. The van der Waals surface area contributed by atoms with Gasteiger partial charge in [0.05, 0.1) is 24.8 Å². The van der Waals surface area contributed by atoms with E-state index in [1.165, 1.54) is 12.0 Å². The maximum absolute atomic E-state index is 13.3. The van der Waals surface area contributed by atoms with Gasteiger partial charge in [0.2, 0.25) is 0 Å². The van der Waals surface area contributed by atoms with Crippen LogP contribution in [0.5, 0.6) is 17.2 Å². The van der Waals surface area contributed by atoms with E-state index in [0.717, 1.165) is 5.56 Å². The number of nitrogens with zero attached hydrogens (tertiary/aromatic N) is 1. The number of rotatable bonds is 10. The van der Waals surface area contributed by atoms with Crippen molar-refractivity contribution < 1.29 is 28.9 Å². The number of likely N-dealkylation sites (tertiary alicyclic amines) is 1. The summed E-state index contributed by atoms with van der Waals surface area (Å²) in [4.78, 5) is 27.8. The number of carbonyl (C=O) groups is 2. The van der Waals surface area contributed by atoms with Gasteiger partial charge in [0.25, 0.3) is 11.7 Å². The average molecular weight is 516 g/mol. The molecule has 0 spiro atoms. The number of aliphatic hydroxyl groups excluding tert-OH is 1. The fourth-order valence-corrected chi connectivity index (χ4v) is 4.39. The van der Waals surface area contributed by atoms with Gasteiger partial charge in [-0.05, 0) is 66.4 Å². The molecule has 1 aliphatic rings. The molecular weight excluding hydrogens is 482 g/mol. The summed E-state index contributed by atoms with van der Waals surface area (Å²) in [6.07, 6.45) is 0. The summed E-state index contributed by atoms with van der Waals surface area (Å²) in [5.41, 5.74) is 1.92. The first-order chi connectivity index (χ1) is 18.3. The zero-order valence-electron chi connectivity index (χ0n) is 22.1. The van der Waals surface area contributed by atoms with Crippen molar-refractivity contribution in [3.8, 4) is 17.2 Å². The van der Waals surface area contributed by atoms with Gasteiger partial charge in [-0.1, -0.05) is 44.2 Å². The van der Waals surface area contributed by atoms with Crippen molar-refractivity contribution in [2.24, 2.45) is 5.92 Å². The summed E-state index contributed by atoms with van der Waals surface area (Å²) in [6, 6.07) is 21.0. The number of ketones is 1. The Hall–Kier alpha value is -4.10. The molecule has 1 N–H and O–H groups in total. The fraction of sp³-hybridized carbons (Fsp3) is 0.290. The van der Waals surface area contributed by atoms with Gasteiger partial charge < -0.3 is 24.2 Å². The van der Waals surface area contributed by atoms with Crippen LogP contribution in [0.1, 0.15) is 36.6 Å². The smallest absolute Gasteiger partial charge is 0.295 e. The van der Waals surface area contributed by atoms with Gasteiger partial charge in [-0.15, -0.1) is 0 Å². The molecule has 0 saturated carbocycles. The van der Waals surface area contributed by atoms with Crippen molar-refractivity contribution in [3.63, 3.8) is 0 Å². The summed E-state index contributed by atoms with van der Waals surface area (Å²) in [5.74, 6) is 0.626. The first-order valence-electron chi connectivity index (χ1n) is 12.6. The Bertz CT molecular complexity index is 1330. The SMILES string of the molecule is COCCN1C(=O)C(=O)/C(=C(/O)c2ccc(OCC(C)C)c(C)c2)C1c1cccc(Oc2ccccc2)c1. The van der Waals surface area contributed by atoms with E-state index in [1.807, 2.05) is 43.3 Å². The molecule has 0 bridgehead atoms. The Balaban J connectivity index is 1.76. The highest BCUT2D eigenvalue weighted by Crippen LogP contribution is 2.41. The van der Waals surface area contributed by atoms with Crippen LogP contribution in [0.15, 0.2) is 78.4 Å². The predicted molar refractivity (Wildman–Crippen MR) is 145 cm³/mol. The number of aliphatic hydroxyl groups is 1. The molecule has 1 saturated heterocycles. The second-order valence-electron chi connectivity index (χ2n) is 9.66. The molecule has 4 rings (SSSR count). The fourth-order valence-electron chi connectivity index (χ4n) is 4.39. The van der Waals surface area contributed by atoms with Gasteiger partial charge in [-0.2, -0.15) is 0 Å². The van der Waals surface area contributed by atoms with Crippen LogP contribution in [0.4, 0.5) is 0 Å². The van der Waals surface area contributed by atoms with Crippen LogP contribution in [0, 0.1) is 12.8 Å². The van der Waals surface area contributed by atoms with E-state index in [-0.39, 0.29) is 24.5 Å². The zero-order chi connectivity index (χ0) is 27.2. The summed E-state index contributed by atoms with van der Waals surface area (Å²) >= 11 is 0. The van der Waals surface area contributed by atoms with E-state index in [9.17, 15) is 14.7 Å². The molecule has 0 aromatic heterocycles. The average Bonchev–Trinajstić information content (AvgIpc) is 3.16. The summed E-state index contributed by atoms with van der Waals surface area (Å²) in [6.45, 7) is 7.01. The van der Waals surface area contributed by atoms with E-state index in [4.69, 9.17) is 14.2 Å². The predicted octanol–water partition coefficient (Wildman–Crippen LogP) is 5.89. The number of ether oxygens (including phenoxy) is 3. The molecule has 1 aliphatic heterocycles. The van der Waals surface area contributed by atoms with Crippen LogP contribution in [0.3, 0.4) is 0 Å². The van der Waals surface area contributed by atoms with Crippen molar-refractivity contribution in [1.29, 1.82) is 0 Å². The van der Waals surface area contributed by atoms with Crippen molar-refractivity contribution in [2.45, 2.75) is 26.8 Å². The van der Waals surface area contributed by atoms with Crippen molar-refractivity contribution in [2.75, 3.05) is 26.9 Å². The highest BCUT2D eigenvalue weighted by atomic mass is 16.5.